The first-order valence-corrected chi connectivity index (χ1v) is 5.52. The smallest absolute Gasteiger partial charge is 0.0244 e. The third-order valence-corrected chi connectivity index (χ3v) is 3.29. The average Bonchev–Trinajstić information content (AvgIpc) is 1.99. The molecule has 0 atom stereocenters. The van der Waals surface area contributed by atoms with Crippen LogP contribution in [0.5, 0.6) is 0 Å². The van der Waals surface area contributed by atoms with Crippen LogP contribution in [0, 0.1) is 6.92 Å². The zero-order valence-corrected chi connectivity index (χ0v) is 9.47. The van der Waals surface area contributed by atoms with Gasteiger partial charge in [-0.3, -0.25) is 4.90 Å². The molecule has 0 bridgehead atoms. The van der Waals surface area contributed by atoms with E-state index in [0.29, 0.717) is 0 Å². The average molecular weight is 240 g/mol. The minimum Gasteiger partial charge on any atom is -0.299 e. The van der Waals surface area contributed by atoms with Crippen molar-refractivity contribution >= 4 is 15.9 Å². The fraction of sp³-hybridized carbons (Fsp3) is 0.455. The maximum atomic E-state index is 3.60. The molecule has 1 fully saturated rings. The Morgan fingerprint density at radius 2 is 2.15 bits per heavy atom. The van der Waals surface area contributed by atoms with E-state index in [9.17, 15) is 0 Å². The van der Waals surface area contributed by atoms with Crippen LogP contribution in [0.2, 0.25) is 0 Å². The monoisotopic (exact) mass is 239 g/mol. The Balaban J connectivity index is 2.10. The number of rotatable bonds is 2. The Labute approximate surface area is 87.9 Å². The predicted octanol–water partition coefficient (Wildman–Crippen LogP) is 2.96. The van der Waals surface area contributed by atoms with Gasteiger partial charge in [-0.05, 0) is 43.6 Å². The summed E-state index contributed by atoms with van der Waals surface area (Å²) in [5.41, 5.74) is 2.73. The largest absolute Gasteiger partial charge is 0.299 e. The van der Waals surface area contributed by atoms with Crippen LogP contribution in [-0.4, -0.2) is 18.0 Å². The second kappa shape index (κ2) is 3.81. The molecule has 0 aliphatic carbocycles. The zero-order valence-electron chi connectivity index (χ0n) is 7.89. The van der Waals surface area contributed by atoms with E-state index >= 15 is 0 Å². The van der Waals surface area contributed by atoms with Gasteiger partial charge in [-0.2, -0.15) is 0 Å². The maximum Gasteiger partial charge on any atom is 0.0244 e. The van der Waals surface area contributed by atoms with Gasteiger partial charge in [-0.25, -0.2) is 0 Å². The lowest BCUT2D eigenvalue weighted by molar-refractivity contribution is 0.172. The molecular weight excluding hydrogens is 226 g/mol. The number of halogens is 1. The van der Waals surface area contributed by atoms with Gasteiger partial charge in [-0.15, -0.1) is 0 Å². The fourth-order valence-corrected chi connectivity index (χ4v) is 2.18. The third kappa shape index (κ3) is 2.12. The molecule has 1 aliphatic heterocycles. The van der Waals surface area contributed by atoms with Crippen LogP contribution in [-0.2, 0) is 6.54 Å². The van der Waals surface area contributed by atoms with Gasteiger partial charge in [0.05, 0.1) is 0 Å². The molecule has 1 aromatic rings. The van der Waals surface area contributed by atoms with Crippen molar-refractivity contribution in [3.05, 3.63) is 33.8 Å². The Bertz CT molecular complexity index is 305. The van der Waals surface area contributed by atoms with Crippen LogP contribution in [0.4, 0.5) is 0 Å². The SMILES string of the molecule is Cc1ccc(CN2CCC2)c(Br)c1. The highest BCUT2D eigenvalue weighted by atomic mass is 79.9. The van der Waals surface area contributed by atoms with Crippen LogP contribution < -0.4 is 0 Å². The van der Waals surface area contributed by atoms with Crippen molar-refractivity contribution in [2.24, 2.45) is 0 Å². The summed E-state index contributed by atoms with van der Waals surface area (Å²) in [5.74, 6) is 0. The van der Waals surface area contributed by atoms with Crippen molar-refractivity contribution in [1.29, 1.82) is 0 Å². The first-order valence-electron chi connectivity index (χ1n) is 4.73. The number of aryl methyl sites for hydroxylation is 1. The van der Waals surface area contributed by atoms with Crippen LogP contribution in [0.3, 0.4) is 0 Å². The Hall–Kier alpha value is -0.340. The molecule has 2 rings (SSSR count). The number of likely N-dealkylation sites (tertiary alicyclic amines) is 1. The molecule has 2 heteroatoms. The van der Waals surface area contributed by atoms with Crippen molar-refractivity contribution in [3.63, 3.8) is 0 Å². The van der Waals surface area contributed by atoms with E-state index in [1.165, 1.54) is 35.1 Å². The molecule has 0 spiro atoms. The lowest BCUT2D eigenvalue weighted by atomic mass is 10.1. The van der Waals surface area contributed by atoms with E-state index in [0.717, 1.165) is 6.54 Å². The van der Waals surface area contributed by atoms with E-state index < -0.39 is 0 Å². The predicted molar refractivity (Wildman–Crippen MR) is 58.8 cm³/mol. The van der Waals surface area contributed by atoms with Gasteiger partial charge in [0.1, 0.15) is 0 Å². The number of hydrogen-bond donors (Lipinski definition) is 0. The second-order valence-corrected chi connectivity index (χ2v) is 4.58. The summed E-state index contributed by atoms with van der Waals surface area (Å²) >= 11 is 3.60. The van der Waals surface area contributed by atoms with Crippen molar-refractivity contribution in [2.45, 2.75) is 19.9 Å². The maximum absolute atomic E-state index is 3.60. The lowest BCUT2D eigenvalue weighted by Crippen LogP contribution is -2.36. The molecule has 1 aromatic carbocycles. The van der Waals surface area contributed by atoms with Gasteiger partial charge in [0, 0.05) is 11.0 Å². The molecule has 70 valence electrons. The first-order chi connectivity index (χ1) is 6.25. The quantitative estimate of drug-likeness (QED) is 0.768. The Morgan fingerprint density at radius 1 is 1.38 bits per heavy atom. The molecule has 0 aromatic heterocycles. The van der Waals surface area contributed by atoms with E-state index in [-0.39, 0.29) is 0 Å². The van der Waals surface area contributed by atoms with E-state index in [2.05, 4.69) is 46.0 Å². The number of nitrogens with zero attached hydrogens (tertiary/aromatic N) is 1. The summed E-state index contributed by atoms with van der Waals surface area (Å²) in [6.07, 6.45) is 1.36. The Morgan fingerprint density at radius 3 is 2.69 bits per heavy atom. The molecule has 0 N–H and O–H groups in total. The summed E-state index contributed by atoms with van der Waals surface area (Å²) in [6, 6.07) is 6.59. The van der Waals surface area contributed by atoms with Crippen LogP contribution in [0.25, 0.3) is 0 Å². The van der Waals surface area contributed by atoms with Crippen LogP contribution in [0.15, 0.2) is 22.7 Å². The van der Waals surface area contributed by atoms with Crippen molar-refractivity contribution in [1.82, 2.24) is 4.90 Å². The highest BCUT2D eigenvalue weighted by Gasteiger charge is 2.14. The second-order valence-electron chi connectivity index (χ2n) is 3.72. The fourth-order valence-electron chi connectivity index (χ4n) is 1.56. The van der Waals surface area contributed by atoms with E-state index in [1.807, 2.05) is 0 Å². The van der Waals surface area contributed by atoms with Gasteiger partial charge in [0.2, 0.25) is 0 Å². The van der Waals surface area contributed by atoms with Crippen molar-refractivity contribution < 1.29 is 0 Å². The molecule has 1 heterocycles. The molecule has 0 saturated carbocycles. The molecule has 13 heavy (non-hydrogen) atoms. The minimum absolute atomic E-state index is 1.10. The molecule has 1 saturated heterocycles. The normalized spacial score (nSPS) is 17.1. The number of hydrogen-bond acceptors (Lipinski definition) is 1. The highest BCUT2D eigenvalue weighted by molar-refractivity contribution is 9.10. The molecule has 1 nitrogen and oxygen atoms in total. The summed E-state index contributed by atoms with van der Waals surface area (Å²) in [7, 11) is 0. The highest BCUT2D eigenvalue weighted by Crippen LogP contribution is 2.21. The summed E-state index contributed by atoms with van der Waals surface area (Å²) in [5, 5.41) is 0. The van der Waals surface area contributed by atoms with E-state index in [4.69, 9.17) is 0 Å². The zero-order chi connectivity index (χ0) is 9.26. The molecule has 0 radical (unpaired) electrons. The molecule has 0 unspecified atom stereocenters. The summed E-state index contributed by atoms with van der Waals surface area (Å²) in [4.78, 5) is 2.47. The van der Waals surface area contributed by atoms with Gasteiger partial charge in [-0.1, -0.05) is 28.1 Å². The Kier molecular flexibility index (Phi) is 2.70. The molecule has 1 aliphatic rings. The molecular formula is C11H14BrN. The molecule has 0 amide bonds. The van der Waals surface area contributed by atoms with Crippen LogP contribution in [0.1, 0.15) is 17.5 Å². The minimum atomic E-state index is 1.10. The standard InChI is InChI=1S/C11H14BrN/c1-9-3-4-10(11(12)7-9)8-13-5-2-6-13/h3-4,7H,2,5-6,8H2,1H3. The number of benzene rings is 1. The van der Waals surface area contributed by atoms with Crippen molar-refractivity contribution in [2.75, 3.05) is 13.1 Å². The van der Waals surface area contributed by atoms with Crippen LogP contribution >= 0.6 is 15.9 Å². The van der Waals surface area contributed by atoms with Gasteiger partial charge in [0.25, 0.3) is 0 Å². The van der Waals surface area contributed by atoms with Gasteiger partial charge >= 0.3 is 0 Å². The summed E-state index contributed by atoms with van der Waals surface area (Å²) in [6.45, 7) is 5.75. The topological polar surface area (TPSA) is 3.24 Å². The van der Waals surface area contributed by atoms with Gasteiger partial charge < -0.3 is 0 Å². The van der Waals surface area contributed by atoms with Crippen molar-refractivity contribution in [3.8, 4) is 0 Å². The summed E-state index contributed by atoms with van der Waals surface area (Å²) < 4.78 is 1.25. The van der Waals surface area contributed by atoms with Gasteiger partial charge in [0.15, 0.2) is 0 Å². The first kappa shape index (κ1) is 9.22. The third-order valence-electron chi connectivity index (χ3n) is 2.55. The lowest BCUT2D eigenvalue weighted by Gasteiger charge is -2.31. The van der Waals surface area contributed by atoms with E-state index in [1.54, 1.807) is 0 Å².